The molecule has 0 saturated heterocycles. The minimum atomic E-state index is -0.223. The number of benzene rings is 1. The summed E-state index contributed by atoms with van der Waals surface area (Å²) in [7, 11) is 1.87. The Labute approximate surface area is 110 Å². The Kier molecular flexibility index (Phi) is 6.94. The van der Waals surface area contributed by atoms with Crippen LogP contribution in [0.2, 0.25) is 0 Å². The van der Waals surface area contributed by atoms with Gasteiger partial charge in [0.1, 0.15) is 0 Å². The maximum absolute atomic E-state index is 9.22. The number of aliphatic hydroxyl groups is 1. The standard InChI is InChI=1S/C15H25NO2/c1-15(13-17,16-2)10-12-18-11-6-9-14-7-4-3-5-8-14/h3-5,7-8,16-17H,6,9-13H2,1-2H3. The van der Waals surface area contributed by atoms with E-state index in [0.29, 0.717) is 6.61 Å². The van der Waals surface area contributed by atoms with Crippen molar-refractivity contribution in [2.45, 2.75) is 31.7 Å². The third kappa shape index (κ3) is 5.63. The summed E-state index contributed by atoms with van der Waals surface area (Å²) in [6.45, 7) is 3.60. The van der Waals surface area contributed by atoms with Gasteiger partial charge in [0, 0.05) is 18.8 Å². The molecule has 1 atom stereocenters. The molecule has 1 unspecified atom stereocenters. The molecular formula is C15H25NO2. The van der Waals surface area contributed by atoms with Crippen LogP contribution in [0.5, 0.6) is 0 Å². The molecule has 3 nitrogen and oxygen atoms in total. The summed E-state index contributed by atoms with van der Waals surface area (Å²) in [6.07, 6.45) is 2.93. The van der Waals surface area contributed by atoms with Crippen LogP contribution in [0.3, 0.4) is 0 Å². The summed E-state index contributed by atoms with van der Waals surface area (Å²) < 4.78 is 5.60. The molecule has 0 aliphatic rings. The van der Waals surface area contributed by atoms with E-state index < -0.39 is 0 Å². The van der Waals surface area contributed by atoms with Crippen molar-refractivity contribution in [2.75, 3.05) is 26.9 Å². The van der Waals surface area contributed by atoms with Crippen molar-refractivity contribution < 1.29 is 9.84 Å². The number of nitrogens with one attached hydrogen (secondary N) is 1. The average molecular weight is 251 g/mol. The van der Waals surface area contributed by atoms with E-state index in [2.05, 4.69) is 29.6 Å². The molecule has 18 heavy (non-hydrogen) atoms. The SMILES string of the molecule is CNC(C)(CO)CCOCCCc1ccccc1. The first-order valence-corrected chi connectivity index (χ1v) is 6.61. The van der Waals surface area contributed by atoms with Gasteiger partial charge in [-0.1, -0.05) is 30.3 Å². The number of likely N-dealkylation sites (N-methyl/N-ethyl adjacent to an activating group) is 1. The number of ether oxygens (including phenoxy) is 1. The second-order valence-electron chi connectivity index (χ2n) is 4.92. The second-order valence-corrected chi connectivity index (χ2v) is 4.92. The predicted octanol–water partition coefficient (Wildman–Crippen LogP) is 2.00. The highest BCUT2D eigenvalue weighted by atomic mass is 16.5. The number of hydrogen-bond donors (Lipinski definition) is 2. The molecule has 0 bridgehead atoms. The topological polar surface area (TPSA) is 41.5 Å². The summed E-state index contributed by atoms with van der Waals surface area (Å²) >= 11 is 0. The van der Waals surface area contributed by atoms with E-state index in [1.165, 1.54) is 5.56 Å². The molecule has 0 fully saturated rings. The average Bonchev–Trinajstić information content (AvgIpc) is 2.43. The lowest BCUT2D eigenvalue weighted by atomic mass is 10.0. The number of aliphatic hydroxyl groups excluding tert-OH is 1. The van der Waals surface area contributed by atoms with Crippen LogP contribution in [0.1, 0.15) is 25.3 Å². The van der Waals surface area contributed by atoms with E-state index in [1.807, 2.05) is 20.0 Å². The Hall–Kier alpha value is -0.900. The highest BCUT2D eigenvalue weighted by molar-refractivity contribution is 5.14. The molecule has 102 valence electrons. The van der Waals surface area contributed by atoms with Crippen molar-refractivity contribution >= 4 is 0 Å². The summed E-state index contributed by atoms with van der Waals surface area (Å²) in [5.41, 5.74) is 1.14. The van der Waals surface area contributed by atoms with Crippen LogP contribution in [0.4, 0.5) is 0 Å². The molecule has 0 radical (unpaired) electrons. The normalized spacial score (nSPS) is 14.4. The highest BCUT2D eigenvalue weighted by Gasteiger charge is 2.19. The molecule has 0 aliphatic heterocycles. The van der Waals surface area contributed by atoms with E-state index in [9.17, 15) is 5.11 Å². The molecule has 1 aromatic rings. The summed E-state index contributed by atoms with van der Waals surface area (Å²) in [5.74, 6) is 0. The zero-order valence-electron chi connectivity index (χ0n) is 11.5. The third-order valence-electron chi connectivity index (χ3n) is 3.35. The lowest BCUT2D eigenvalue weighted by molar-refractivity contribution is 0.0887. The first-order valence-electron chi connectivity index (χ1n) is 6.61. The minimum Gasteiger partial charge on any atom is -0.394 e. The van der Waals surface area contributed by atoms with Crippen molar-refractivity contribution in [3.8, 4) is 0 Å². The molecule has 3 heteroatoms. The maximum atomic E-state index is 9.22. The highest BCUT2D eigenvalue weighted by Crippen LogP contribution is 2.08. The second kappa shape index (κ2) is 8.25. The van der Waals surface area contributed by atoms with Crippen molar-refractivity contribution in [2.24, 2.45) is 0 Å². The largest absolute Gasteiger partial charge is 0.394 e. The summed E-state index contributed by atoms with van der Waals surface area (Å²) in [4.78, 5) is 0. The lowest BCUT2D eigenvalue weighted by Crippen LogP contribution is -2.44. The fourth-order valence-corrected chi connectivity index (χ4v) is 1.71. The Morgan fingerprint density at radius 2 is 1.94 bits per heavy atom. The van der Waals surface area contributed by atoms with Crippen molar-refractivity contribution in [1.29, 1.82) is 0 Å². The maximum Gasteiger partial charge on any atom is 0.0611 e. The van der Waals surface area contributed by atoms with E-state index >= 15 is 0 Å². The van der Waals surface area contributed by atoms with Gasteiger partial charge in [-0.3, -0.25) is 0 Å². The first-order chi connectivity index (χ1) is 8.70. The first kappa shape index (κ1) is 15.2. The van der Waals surface area contributed by atoms with Crippen LogP contribution >= 0.6 is 0 Å². The van der Waals surface area contributed by atoms with Crippen LogP contribution < -0.4 is 5.32 Å². The van der Waals surface area contributed by atoms with E-state index in [4.69, 9.17) is 4.74 Å². The Bertz CT molecular complexity index is 310. The number of aryl methyl sites for hydroxylation is 1. The molecule has 2 N–H and O–H groups in total. The van der Waals surface area contributed by atoms with E-state index in [1.54, 1.807) is 0 Å². The van der Waals surface area contributed by atoms with Crippen LogP contribution in [0.25, 0.3) is 0 Å². The van der Waals surface area contributed by atoms with Crippen molar-refractivity contribution in [1.82, 2.24) is 5.32 Å². The zero-order chi connectivity index (χ0) is 13.3. The zero-order valence-corrected chi connectivity index (χ0v) is 11.5. The van der Waals surface area contributed by atoms with Gasteiger partial charge in [0.2, 0.25) is 0 Å². The molecule has 0 amide bonds. The molecule has 1 aromatic carbocycles. The Morgan fingerprint density at radius 3 is 2.56 bits per heavy atom. The predicted molar refractivity (Wildman–Crippen MR) is 74.7 cm³/mol. The molecule has 0 aliphatic carbocycles. The van der Waals surface area contributed by atoms with Gasteiger partial charge in [0.25, 0.3) is 0 Å². The Morgan fingerprint density at radius 1 is 1.22 bits per heavy atom. The van der Waals surface area contributed by atoms with Gasteiger partial charge in [-0.2, -0.15) is 0 Å². The summed E-state index contributed by atoms with van der Waals surface area (Å²) in [6, 6.07) is 10.5. The van der Waals surface area contributed by atoms with Gasteiger partial charge >= 0.3 is 0 Å². The fourth-order valence-electron chi connectivity index (χ4n) is 1.71. The monoisotopic (exact) mass is 251 g/mol. The van der Waals surface area contributed by atoms with Gasteiger partial charge in [0.05, 0.1) is 6.61 Å². The molecule has 0 heterocycles. The molecule has 1 rings (SSSR count). The van der Waals surface area contributed by atoms with Crippen molar-refractivity contribution in [3.63, 3.8) is 0 Å². The molecule has 0 saturated carbocycles. The van der Waals surface area contributed by atoms with Gasteiger partial charge in [0.15, 0.2) is 0 Å². The van der Waals surface area contributed by atoms with Gasteiger partial charge in [-0.05, 0) is 38.8 Å². The third-order valence-corrected chi connectivity index (χ3v) is 3.35. The van der Waals surface area contributed by atoms with Crippen LogP contribution in [0.15, 0.2) is 30.3 Å². The van der Waals surface area contributed by atoms with Crippen LogP contribution in [-0.4, -0.2) is 37.5 Å². The fraction of sp³-hybridized carbons (Fsp3) is 0.600. The van der Waals surface area contributed by atoms with Gasteiger partial charge < -0.3 is 15.2 Å². The summed E-state index contributed by atoms with van der Waals surface area (Å²) in [5, 5.41) is 12.3. The van der Waals surface area contributed by atoms with E-state index in [-0.39, 0.29) is 12.1 Å². The Balaban J connectivity index is 2.06. The van der Waals surface area contributed by atoms with Crippen LogP contribution in [-0.2, 0) is 11.2 Å². The molecule has 0 aromatic heterocycles. The van der Waals surface area contributed by atoms with Crippen LogP contribution in [0, 0.1) is 0 Å². The number of hydrogen-bond acceptors (Lipinski definition) is 3. The quantitative estimate of drug-likeness (QED) is 0.660. The minimum absolute atomic E-state index is 0.136. The smallest absolute Gasteiger partial charge is 0.0611 e. The van der Waals surface area contributed by atoms with E-state index in [0.717, 1.165) is 25.9 Å². The lowest BCUT2D eigenvalue weighted by Gasteiger charge is -2.26. The van der Waals surface area contributed by atoms with Gasteiger partial charge in [-0.25, -0.2) is 0 Å². The van der Waals surface area contributed by atoms with Crippen molar-refractivity contribution in [3.05, 3.63) is 35.9 Å². The molecule has 0 spiro atoms. The van der Waals surface area contributed by atoms with Gasteiger partial charge in [-0.15, -0.1) is 0 Å². The molecular weight excluding hydrogens is 226 g/mol. The number of rotatable bonds is 9.